The molecule has 7 nitrogen and oxygen atoms in total. The van der Waals surface area contributed by atoms with Crippen LogP contribution in [-0.2, 0) is 14.4 Å². The zero-order valence-corrected chi connectivity index (χ0v) is 20.7. The summed E-state index contributed by atoms with van der Waals surface area (Å²) in [6, 6.07) is 21.2. The molecule has 0 radical (unpaired) electrons. The molecule has 2 saturated heterocycles. The number of halogens is 1. The normalized spacial score (nSPS) is 25.2. The van der Waals surface area contributed by atoms with E-state index in [-0.39, 0.29) is 5.69 Å². The van der Waals surface area contributed by atoms with Crippen LogP contribution in [-0.4, -0.2) is 40.1 Å². The molecule has 8 heteroatoms. The number of imide groups is 1. The number of carbonyl (C=O) groups excluding carboxylic acids is 2. The number of benzene rings is 3. The Labute approximate surface area is 219 Å². The zero-order valence-electron chi connectivity index (χ0n) is 20.0. The third kappa shape index (κ3) is 4.15. The molecule has 3 aromatic carbocycles. The lowest BCUT2D eigenvalue weighted by Gasteiger charge is -2.29. The number of nitrogens with one attached hydrogen (secondary N) is 1. The maximum atomic E-state index is 13.7. The van der Waals surface area contributed by atoms with Crippen molar-refractivity contribution in [1.29, 1.82) is 0 Å². The number of amides is 2. The number of hydrogen-bond acceptors (Lipinski definition) is 5. The zero-order chi connectivity index (χ0) is 26.3. The van der Waals surface area contributed by atoms with Crippen LogP contribution in [0.5, 0.6) is 0 Å². The number of aliphatic carboxylic acids is 1. The van der Waals surface area contributed by atoms with Crippen LogP contribution in [0, 0.1) is 18.8 Å². The minimum atomic E-state index is -2.00. The van der Waals surface area contributed by atoms with Gasteiger partial charge in [0.2, 0.25) is 11.8 Å². The Bertz CT molecular complexity index is 1410. The minimum Gasteiger partial charge on any atom is -0.480 e. The molecule has 37 heavy (non-hydrogen) atoms. The van der Waals surface area contributed by atoms with Gasteiger partial charge in [0.1, 0.15) is 0 Å². The first-order chi connectivity index (χ1) is 17.8. The molecule has 0 aromatic heterocycles. The number of aryl methyl sites for hydroxylation is 1. The summed E-state index contributed by atoms with van der Waals surface area (Å²) >= 11 is 6.24. The summed E-state index contributed by atoms with van der Waals surface area (Å²) in [5.41, 5.74) is 1.66. The molecule has 2 heterocycles. The summed E-state index contributed by atoms with van der Waals surface area (Å²) in [6.45, 7) is 0.952. The minimum absolute atomic E-state index is 0.275. The third-order valence-corrected chi connectivity index (χ3v) is 7.67. The number of fused-ring (bicyclic) bond motifs is 1. The second kappa shape index (κ2) is 9.59. The van der Waals surface area contributed by atoms with Crippen LogP contribution in [0.4, 0.5) is 5.69 Å². The van der Waals surface area contributed by atoms with E-state index in [1.807, 2.05) is 54.6 Å². The van der Waals surface area contributed by atoms with E-state index in [1.54, 1.807) is 31.2 Å². The van der Waals surface area contributed by atoms with Gasteiger partial charge in [0.05, 0.1) is 24.1 Å². The average molecular weight is 517 g/mol. The fourth-order valence-electron chi connectivity index (χ4n) is 5.25. The Morgan fingerprint density at radius 2 is 1.65 bits per heavy atom. The molecule has 188 valence electrons. The van der Waals surface area contributed by atoms with E-state index in [2.05, 4.69) is 5.32 Å². The molecule has 4 atom stereocenters. The van der Waals surface area contributed by atoms with E-state index in [1.165, 1.54) is 6.07 Å². The average Bonchev–Trinajstić information content (AvgIpc) is 3.39. The number of carboxylic acids is 1. The van der Waals surface area contributed by atoms with Crippen LogP contribution in [0.2, 0.25) is 5.02 Å². The summed E-state index contributed by atoms with van der Waals surface area (Å²) in [4.78, 5) is 40.6. The molecule has 0 spiro atoms. The highest BCUT2D eigenvalue weighted by Gasteiger charge is 2.68. The summed E-state index contributed by atoms with van der Waals surface area (Å²) < 4.78 is 0. The Balaban J connectivity index is 1.51. The van der Waals surface area contributed by atoms with E-state index in [0.717, 1.165) is 21.6 Å². The number of anilines is 1. The lowest BCUT2D eigenvalue weighted by Crippen LogP contribution is -2.58. The number of carboxylic acid groups (broad SMARTS) is 1. The van der Waals surface area contributed by atoms with E-state index in [4.69, 9.17) is 11.6 Å². The van der Waals surface area contributed by atoms with Gasteiger partial charge in [-0.05, 0) is 41.3 Å². The molecule has 5 rings (SSSR count). The van der Waals surface area contributed by atoms with Crippen LogP contribution in [0.3, 0.4) is 0 Å². The fourth-order valence-corrected chi connectivity index (χ4v) is 5.42. The van der Waals surface area contributed by atoms with Crippen molar-refractivity contribution in [3.63, 3.8) is 0 Å². The van der Waals surface area contributed by atoms with Crippen molar-refractivity contribution in [2.45, 2.75) is 18.5 Å². The lowest BCUT2D eigenvalue weighted by molar-refractivity contribution is -0.150. The standard InChI is InChI=1S/C29H25ClN2O5/c1-17-7-14-21(15-22(17)30)32-26(34)23-24(27(32)35)29(16-33,28(36)37)31-25(23)20-12-10-19(11-13-20)9-8-18-5-3-2-4-6-18/h2-15,23-25,31,33H,16H2,1H3,(H,36,37)/b9-8+. The number of hydrogen-bond donors (Lipinski definition) is 3. The summed E-state index contributed by atoms with van der Waals surface area (Å²) in [6.07, 6.45) is 3.93. The molecule has 2 aliphatic rings. The Morgan fingerprint density at radius 3 is 2.24 bits per heavy atom. The van der Waals surface area contributed by atoms with Crippen LogP contribution >= 0.6 is 11.6 Å². The highest BCUT2D eigenvalue weighted by Crippen LogP contribution is 2.50. The summed E-state index contributed by atoms with van der Waals surface area (Å²) in [5, 5.41) is 23.6. The Hall–Kier alpha value is -3.78. The first kappa shape index (κ1) is 24.9. The molecule has 2 aliphatic heterocycles. The van der Waals surface area contributed by atoms with E-state index in [0.29, 0.717) is 10.6 Å². The van der Waals surface area contributed by atoms with Gasteiger partial charge in [-0.25, -0.2) is 4.90 Å². The first-order valence-corrected chi connectivity index (χ1v) is 12.2. The van der Waals surface area contributed by atoms with E-state index >= 15 is 0 Å². The van der Waals surface area contributed by atoms with Gasteiger partial charge in [0, 0.05) is 11.1 Å². The van der Waals surface area contributed by atoms with Crippen LogP contribution < -0.4 is 10.2 Å². The van der Waals surface area contributed by atoms with Gasteiger partial charge in [-0.15, -0.1) is 0 Å². The van der Waals surface area contributed by atoms with Gasteiger partial charge >= 0.3 is 5.97 Å². The molecule has 0 aliphatic carbocycles. The van der Waals surface area contributed by atoms with Crippen molar-refractivity contribution in [3.8, 4) is 0 Å². The summed E-state index contributed by atoms with van der Waals surface area (Å²) in [7, 11) is 0. The molecular formula is C29H25ClN2O5. The molecule has 0 bridgehead atoms. The number of carbonyl (C=O) groups is 3. The molecule has 4 unspecified atom stereocenters. The lowest BCUT2D eigenvalue weighted by atomic mass is 9.79. The third-order valence-electron chi connectivity index (χ3n) is 7.26. The predicted molar refractivity (Wildman–Crippen MR) is 141 cm³/mol. The predicted octanol–water partition coefficient (Wildman–Crippen LogP) is 4.08. The Kier molecular flexibility index (Phi) is 6.45. The molecule has 2 fully saturated rings. The highest BCUT2D eigenvalue weighted by atomic mass is 35.5. The van der Waals surface area contributed by atoms with Crippen molar-refractivity contribution >= 4 is 47.2 Å². The monoisotopic (exact) mass is 516 g/mol. The van der Waals surface area contributed by atoms with Crippen LogP contribution in [0.15, 0.2) is 72.8 Å². The van der Waals surface area contributed by atoms with Crippen molar-refractivity contribution in [2.24, 2.45) is 11.8 Å². The molecule has 0 saturated carbocycles. The molecule has 3 aromatic rings. The van der Waals surface area contributed by atoms with Gasteiger partial charge in [0.15, 0.2) is 5.54 Å². The largest absolute Gasteiger partial charge is 0.480 e. The molecular weight excluding hydrogens is 492 g/mol. The van der Waals surface area contributed by atoms with Gasteiger partial charge in [-0.3, -0.25) is 19.7 Å². The summed E-state index contributed by atoms with van der Waals surface area (Å²) in [5.74, 6) is -4.90. The topological polar surface area (TPSA) is 107 Å². The number of aliphatic hydroxyl groups is 1. The maximum absolute atomic E-state index is 13.7. The van der Waals surface area contributed by atoms with Crippen molar-refractivity contribution in [1.82, 2.24) is 5.32 Å². The second-order valence-electron chi connectivity index (χ2n) is 9.42. The molecule has 3 N–H and O–H groups in total. The number of nitrogens with zero attached hydrogens (tertiary/aromatic N) is 1. The Morgan fingerprint density at radius 1 is 1.00 bits per heavy atom. The van der Waals surface area contributed by atoms with Crippen molar-refractivity contribution in [2.75, 3.05) is 11.5 Å². The van der Waals surface area contributed by atoms with Gasteiger partial charge < -0.3 is 10.2 Å². The van der Waals surface area contributed by atoms with E-state index < -0.39 is 47.8 Å². The van der Waals surface area contributed by atoms with Crippen molar-refractivity contribution < 1.29 is 24.6 Å². The quantitative estimate of drug-likeness (QED) is 0.336. The number of aliphatic hydroxyl groups excluding tert-OH is 1. The van der Waals surface area contributed by atoms with Gasteiger partial charge in [-0.1, -0.05) is 84.4 Å². The molecule has 2 amide bonds. The highest BCUT2D eigenvalue weighted by molar-refractivity contribution is 6.32. The second-order valence-corrected chi connectivity index (χ2v) is 9.82. The number of rotatable bonds is 6. The van der Waals surface area contributed by atoms with Crippen LogP contribution in [0.1, 0.15) is 28.3 Å². The smallest absolute Gasteiger partial charge is 0.327 e. The fraction of sp³-hybridized carbons (Fsp3) is 0.207. The van der Waals surface area contributed by atoms with Gasteiger partial charge in [-0.2, -0.15) is 0 Å². The van der Waals surface area contributed by atoms with Crippen molar-refractivity contribution in [3.05, 3.63) is 100 Å². The van der Waals surface area contributed by atoms with Gasteiger partial charge in [0.25, 0.3) is 0 Å². The van der Waals surface area contributed by atoms with E-state index in [9.17, 15) is 24.6 Å². The van der Waals surface area contributed by atoms with Crippen LogP contribution in [0.25, 0.3) is 12.2 Å². The first-order valence-electron chi connectivity index (χ1n) is 11.9. The maximum Gasteiger partial charge on any atom is 0.327 e. The SMILES string of the molecule is Cc1ccc(N2C(=O)C3C(c4ccc(/C=C/c5ccccc5)cc4)NC(CO)(C(=O)O)C3C2=O)cc1Cl.